The molecule has 0 aliphatic rings. The van der Waals surface area contributed by atoms with E-state index in [2.05, 4.69) is 39.0 Å². The van der Waals surface area contributed by atoms with Crippen LogP contribution in [0.4, 0.5) is 0 Å². The first-order chi connectivity index (χ1) is 12.5. The van der Waals surface area contributed by atoms with Gasteiger partial charge in [-0.3, -0.25) is 4.68 Å². The summed E-state index contributed by atoms with van der Waals surface area (Å²) < 4.78 is 15.2. The van der Waals surface area contributed by atoms with Gasteiger partial charge in [0.15, 0.2) is 14.1 Å². The van der Waals surface area contributed by atoms with Gasteiger partial charge in [-0.25, -0.2) is 4.79 Å². The van der Waals surface area contributed by atoms with Crippen LogP contribution in [0.3, 0.4) is 0 Å². The second-order valence-electron chi connectivity index (χ2n) is 8.39. The van der Waals surface area contributed by atoms with Crippen LogP contribution in [0, 0.1) is 13.8 Å². The third-order valence-corrected chi connectivity index (χ3v) is 9.86. The molecule has 2 rings (SSSR count). The van der Waals surface area contributed by atoms with Crippen molar-refractivity contribution in [2.45, 2.75) is 66.2 Å². The minimum Gasteiger partial charge on any atom is -0.461 e. The molecule has 0 aromatic carbocycles. The first-order valence-electron chi connectivity index (χ1n) is 9.52. The van der Waals surface area contributed by atoms with Crippen molar-refractivity contribution >= 4 is 14.3 Å². The van der Waals surface area contributed by atoms with Crippen molar-refractivity contribution in [3.8, 4) is 5.82 Å². The smallest absolute Gasteiger partial charge is 0.356 e. The highest BCUT2D eigenvalue weighted by molar-refractivity contribution is 6.74. The van der Waals surface area contributed by atoms with E-state index in [0.717, 1.165) is 17.2 Å². The van der Waals surface area contributed by atoms with Crippen molar-refractivity contribution in [3.05, 3.63) is 35.3 Å². The first-order valence-corrected chi connectivity index (χ1v) is 12.4. The molecule has 150 valence electrons. The first kappa shape index (κ1) is 21.4. The maximum Gasteiger partial charge on any atom is 0.356 e. The van der Waals surface area contributed by atoms with E-state index in [1.807, 2.05) is 30.5 Å². The van der Waals surface area contributed by atoms with E-state index in [-0.39, 0.29) is 11.0 Å². The molecule has 0 bridgehead atoms. The van der Waals surface area contributed by atoms with E-state index < -0.39 is 8.32 Å². The summed E-state index contributed by atoms with van der Waals surface area (Å²) in [6.45, 7) is 18.3. The third kappa shape index (κ3) is 4.71. The molecule has 0 saturated carbocycles. The molecule has 27 heavy (non-hydrogen) atoms. The van der Waals surface area contributed by atoms with E-state index in [4.69, 9.17) is 9.16 Å². The van der Waals surface area contributed by atoms with Gasteiger partial charge in [-0.15, -0.1) is 0 Å². The van der Waals surface area contributed by atoms with E-state index in [1.54, 1.807) is 17.7 Å². The zero-order chi connectivity index (χ0) is 20.4. The predicted octanol–water partition coefficient (Wildman–Crippen LogP) is 4.49. The van der Waals surface area contributed by atoms with Crippen LogP contribution >= 0.6 is 0 Å². The van der Waals surface area contributed by atoms with Gasteiger partial charge < -0.3 is 13.7 Å². The molecule has 0 spiro atoms. The van der Waals surface area contributed by atoms with Gasteiger partial charge in [0, 0.05) is 17.5 Å². The molecule has 2 aromatic heterocycles. The maximum atomic E-state index is 12.4. The Kier molecular flexibility index (Phi) is 6.37. The summed E-state index contributed by atoms with van der Waals surface area (Å²) in [5, 5.41) is 4.82. The lowest BCUT2D eigenvalue weighted by molar-refractivity contribution is 0.0510. The second-order valence-corrected chi connectivity index (χ2v) is 13.2. The predicted molar refractivity (Wildman–Crippen MR) is 110 cm³/mol. The number of hydrogen-bond donors (Lipinski definition) is 0. The van der Waals surface area contributed by atoms with E-state index in [1.165, 1.54) is 0 Å². The summed E-state index contributed by atoms with van der Waals surface area (Å²) in [4.78, 5) is 12.4. The number of hydrogen-bond acceptors (Lipinski definition) is 4. The number of carbonyl (C=O) groups excluding carboxylic acids is 1. The lowest BCUT2D eigenvalue weighted by Crippen LogP contribution is -2.41. The Morgan fingerprint density at radius 2 is 1.78 bits per heavy atom. The number of ether oxygens (including phenoxy) is 1. The number of rotatable bonds is 7. The van der Waals surface area contributed by atoms with E-state index in [9.17, 15) is 4.79 Å². The Labute approximate surface area is 163 Å². The Morgan fingerprint density at radius 3 is 2.30 bits per heavy atom. The molecule has 7 heteroatoms. The van der Waals surface area contributed by atoms with Crippen LogP contribution in [0.5, 0.6) is 0 Å². The Balaban J connectivity index is 2.27. The quantitative estimate of drug-likeness (QED) is 0.515. The fourth-order valence-corrected chi connectivity index (χ4v) is 3.72. The maximum absolute atomic E-state index is 12.4. The summed E-state index contributed by atoms with van der Waals surface area (Å²) >= 11 is 0. The van der Waals surface area contributed by atoms with Gasteiger partial charge in [0.25, 0.3) is 0 Å². The average Bonchev–Trinajstić information content (AvgIpc) is 3.09. The van der Waals surface area contributed by atoms with Crippen LogP contribution in [0.1, 0.15) is 49.6 Å². The molecule has 0 aliphatic heterocycles. The van der Waals surface area contributed by atoms with Gasteiger partial charge in [-0.2, -0.15) is 5.10 Å². The SMILES string of the molecule is CCOC(=O)c1cc(-n2c(C)ccc2C)nn1CCO[Si](C)(C)C(C)(C)C. The number of aromatic nitrogens is 3. The lowest BCUT2D eigenvalue weighted by Gasteiger charge is -2.36. The minimum absolute atomic E-state index is 0.144. The molecule has 2 aromatic rings. The molecule has 0 unspecified atom stereocenters. The van der Waals surface area contributed by atoms with Crippen molar-refractivity contribution in [2.75, 3.05) is 13.2 Å². The van der Waals surface area contributed by atoms with Crippen LogP contribution in [0.15, 0.2) is 18.2 Å². The Bertz CT molecular complexity index is 780. The molecule has 2 heterocycles. The molecule has 0 fully saturated rings. The summed E-state index contributed by atoms with van der Waals surface area (Å²) in [6, 6.07) is 5.88. The van der Waals surface area contributed by atoms with Gasteiger partial charge in [-0.1, -0.05) is 20.8 Å². The standard InChI is InChI=1S/C20H33N3O3Si/c1-9-25-19(24)17-14-18(23-15(2)10-11-16(23)3)21-22(17)12-13-26-27(7,8)20(4,5)6/h10-11,14H,9,12-13H2,1-8H3. The molecule has 6 nitrogen and oxygen atoms in total. The third-order valence-electron chi connectivity index (χ3n) is 5.32. The van der Waals surface area contributed by atoms with Crippen molar-refractivity contribution in [3.63, 3.8) is 0 Å². The summed E-state index contributed by atoms with van der Waals surface area (Å²) in [5.74, 6) is 0.372. The molecule has 0 aliphatic carbocycles. The number of nitrogens with zero attached hydrogens (tertiary/aromatic N) is 3. The van der Waals surface area contributed by atoms with Crippen molar-refractivity contribution in [2.24, 2.45) is 0 Å². The summed E-state index contributed by atoms with van der Waals surface area (Å²) in [5.41, 5.74) is 2.60. The van der Waals surface area contributed by atoms with Crippen LogP contribution in [0.25, 0.3) is 5.82 Å². The number of esters is 1. The zero-order valence-electron chi connectivity index (χ0n) is 17.9. The second kappa shape index (κ2) is 8.02. The molecule has 0 saturated heterocycles. The number of carbonyl (C=O) groups is 1. The van der Waals surface area contributed by atoms with Crippen molar-refractivity contribution in [1.29, 1.82) is 0 Å². The highest BCUT2D eigenvalue weighted by atomic mass is 28.4. The Morgan fingerprint density at radius 1 is 1.19 bits per heavy atom. The minimum atomic E-state index is -1.85. The fraction of sp³-hybridized carbons (Fsp3) is 0.600. The van der Waals surface area contributed by atoms with Gasteiger partial charge in [-0.05, 0) is 51.0 Å². The van der Waals surface area contributed by atoms with E-state index in [0.29, 0.717) is 25.5 Å². The highest BCUT2D eigenvalue weighted by Crippen LogP contribution is 2.36. The van der Waals surface area contributed by atoms with Crippen LogP contribution in [-0.2, 0) is 15.7 Å². The van der Waals surface area contributed by atoms with Gasteiger partial charge in [0.05, 0.1) is 19.8 Å². The Hall–Kier alpha value is -1.86. The van der Waals surface area contributed by atoms with Crippen molar-refractivity contribution in [1.82, 2.24) is 14.3 Å². The topological polar surface area (TPSA) is 58.3 Å². The molecular weight excluding hydrogens is 358 g/mol. The van der Waals surface area contributed by atoms with Crippen LogP contribution < -0.4 is 0 Å². The van der Waals surface area contributed by atoms with Crippen molar-refractivity contribution < 1.29 is 14.0 Å². The summed E-state index contributed by atoms with van der Waals surface area (Å²) in [6.07, 6.45) is 0. The largest absolute Gasteiger partial charge is 0.461 e. The van der Waals surface area contributed by atoms with Crippen LogP contribution in [-0.4, -0.2) is 41.8 Å². The normalized spacial score (nSPS) is 12.4. The fourth-order valence-electron chi connectivity index (χ4n) is 2.69. The van der Waals surface area contributed by atoms with Gasteiger partial charge in [0.2, 0.25) is 0 Å². The molecule has 0 atom stereocenters. The lowest BCUT2D eigenvalue weighted by atomic mass is 10.2. The van der Waals surface area contributed by atoms with E-state index >= 15 is 0 Å². The molecule has 0 amide bonds. The zero-order valence-corrected chi connectivity index (χ0v) is 18.9. The molecule has 0 N–H and O–H groups in total. The monoisotopic (exact) mass is 391 g/mol. The molecular formula is C20H33N3O3Si. The number of aryl methyl sites for hydroxylation is 2. The van der Waals surface area contributed by atoms with Crippen LogP contribution in [0.2, 0.25) is 18.1 Å². The van der Waals surface area contributed by atoms with Gasteiger partial charge in [0.1, 0.15) is 5.69 Å². The summed E-state index contributed by atoms with van der Waals surface area (Å²) in [7, 11) is -1.85. The highest BCUT2D eigenvalue weighted by Gasteiger charge is 2.37. The van der Waals surface area contributed by atoms with Gasteiger partial charge >= 0.3 is 5.97 Å². The average molecular weight is 392 g/mol. The molecule has 0 radical (unpaired) electrons.